The molecule has 1 unspecified atom stereocenters. The minimum absolute atomic E-state index is 0.165. The highest BCUT2D eigenvalue weighted by molar-refractivity contribution is 5.77. The number of carbonyl (C=O) groups is 1. The molecule has 0 saturated carbocycles. The Morgan fingerprint density at radius 2 is 1.81 bits per heavy atom. The van der Waals surface area contributed by atoms with E-state index in [1.165, 1.54) is 0 Å². The first-order valence-electron chi connectivity index (χ1n) is 5.73. The molecular weight excluding hydrogens is 202 g/mol. The molecule has 0 aliphatic rings. The summed E-state index contributed by atoms with van der Waals surface area (Å²) in [4.78, 5) is 11.2. The molecular formula is C13H19NO2. The van der Waals surface area contributed by atoms with Gasteiger partial charge in [-0.1, -0.05) is 44.9 Å². The fourth-order valence-electron chi connectivity index (χ4n) is 1.86. The van der Waals surface area contributed by atoms with Crippen LogP contribution in [0.5, 0.6) is 0 Å². The molecule has 0 radical (unpaired) electrons. The molecule has 2 N–H and O–H groups in total. The fourth-order valence-corrected chi connectivity index (χ4v) is 1.86. The summed E-state index contributed by atoms with van der Waals surface area (Å²) in [6, 6.07) is 8.98. The number of hydrogen-bond acceptors (Lipinski definition) is 2. The lowest BCUT2D eigenvalue weighted by atomic mass is 9.94. The van der Waals surface area contributed by atoms with Gasteiger partial charge in [0.1, 0.15) is 6.04 Å². The van der Waals surface area contributed by atoms with Crippen molar-refractivity contribution in [2.24, 2.45) is 5.92 Å². The summed E-state index contributed by atoms with van der Waals surface area (Å²) < 4.78 is 0. The topological polar surface area (TPSA) is 49.3 Å². The van der Waals surface area contributed by atoms with Crippen LogP contribution in [0, 0.1) is 5.92 Å². The normalized spacial score (nSPS) is 12.4. The van der Waals surface area contributed by atoms with Gasteiger partial charge in [0.05, 0.1) is 0 Å². The number of benzene rings is 1. The quantitative estimate of drug-likeness (QED) is 0.776. The highest BCUT2D eigenvalue weighted by Gasteiger charge is 2.25. The van der Waals surface area contributed by atoms with E-state index in [-0.39, 0.29) is 5.92 Å². The molecule has 1 atom stereocenters. The van der Waals surface area contributed by atoms with Gasteiger partial charge in [0.15, 0.2) is 0 Å². The van der Waals surface area contributed by atoms with Crippen molar-refractivity contribution in [2.75, 3.05) is 5.32 Å². The maximum Gasteiger partial charge on any atom is 0.326 e. The van der Waals surface area contributed by atoms with Crippen molar-refractivity contribution < 1.29 is 9.90 Å². The summed E-state index contributed by atoms with van der Waals surface area (Å²) in [6.45, 7) is 4.05. The van der Waals surface area contributed by atoms with Crippen molar-refractivity contribution >= 4 is 11.7 Å². The Bertz CT molecular complexity index is 320. The van der Waals surface area contributed by atoms with Crippen LogP contribution < -0.4 is 5.32 Å². The molecule has 3 nitrogen and oxygen atoms in total. The number of hydrogen-bond donors (Lipinski definition) is 2. The van der Waals surface area contributed by atoms with Crippen LogP contribution in [0.2, 0.25) is 0 Å². The second kappa shape index (κ2) is 6.16. The largest absolute Gasteiger partial charge is 0.480 e. The number of anilines is 1. The molecule has 0 aliphatic heterocycles. The van der Waals surface area contributed by atoms with Crippen molar-refractivity contribution in [2.45, 2.75) is 32.7 Å². The van der Waals surface area contributed by atoms with Gasteiger partial charge in [-0.2, -0.15) is 0 Å². The van der Waals surface area contributed by atoms with Gasteiger partial charge in [-0.15, -0.1) is 0 Å². The molecule has 0 bridgehead atoms. The van der Waals surface area contributed by atoms with Crippen molar-refractivity contribution in [3.63, 3.8) is 0 Å². The Kier molecular flexibility index (Phi) is 4.83. The number of para-hydroxylation sites is 1. The molecule has 1 aromatic rings. The van der Waals surface area contributed by atoms with Gasteiger partial charge in [-0.25, -0.2) is 4.79 Å². The minimum Gasteiger partial charge on any atom is -0.480 e. The van der Waals surface area contributed by atoms with Gasteiger partial charge in [-0.3, -0.25) is 0 Å². The van der Waals surface area contributed by atoms with Crippen LogP contribution in [0.25, 0.3) is 0 Å². The van der Waals surface area contributed by atoms with E-state index < -0.39 is 12.0 Å². The van der Waals surface area contributed by atoms with Crippen LogP contribution in [0.3, 0.4) is 0 Å². The average molecular weight is 221 g/mol. The Balaban J connectivity index is 2.76. The smallest absolute Gasteiger partial charge is 0.326 e. The number of carboxylic acids is 1. The summed E-state index contributed by atoms with van der Waals surface area (Å²) in [5, 5.41) is 12.3. The van der Waals surface area contributed by atoms with Gasteiger partial charge in [-0.05, 0) is 18.1 Å². The molecule has 0 amide bonds. The van der Waals surface area contributed by atoms with Gasteiger partial charge in [0.25, 0.3) is 0 Å². The third-order valence-corrected chi connectivity index (χ3v) is 2.88. The zero-order valence-corrected chi connectivity index (χ0v) is 9.81. The zero-order valence-electron chi connectivity index (χ0n) is 9.81. The number of carboxylic acid groups (broad SMARTS) is 1. The van der Waals surface area contributed by atoms with Crippen molar-refractivity contribution in [3.8, 4) is 0 Å². The Morgan fingerprint density at radius 3 is 2.25 bits per heavy atom. The van der Waals surface area contributed by atoms with Gasteiger partial charge < -0.3 is 10.4 Å². The number of nitrogens with one attached hydrogen (secondary N) is 1. The van der Waals surface area contributed by atoms with Gasteiger partial charge in [0.2, 0.25) is 0 Å². The highest BCUT2D eigenvalue weighted by atomic mass is 16.4. The molecule has 88 valence electrons. The second-order valence-corrected chi connectivity index (χ2v) is 3.90. The number of aliphatic carboxylic acids is 1. The van der Waals surface area contributed by atoms with E-state index >= 15 is 0 Å². The van der Waals surface area contributed by atoms with Crippen LogP contribution >= 0.6 is 0 Å². The predicted molar refractivity (Wildman–Crippen MR) is 65.6 cm³/mol. The molecule has 1 rings (SSSR count). The molecule has 0 aromatic heterocycles. The highest BCUT2D eigenvalue weighted by Crippen LogP contribution is 2.18. The lowest BCUT2D eigenvalue weighted by Gasteiger charge is -2.23. The van der Waals surface area contributed by atoms with E-state index in [1.807, 2.05) is 44.2 Å². The van der Waals surface area contributed by atoms with Crippen LogP contribution in [0.4, 0.5) is 5.69 Å². The Hall–Kier alpha value is -1.51. The van der Waals surface area contributed by atoms with E-state index in [2.05, 4.69) is 5.32 Å². The van der Waals surface area contributed by atoms with Crippen LogP contribution in [0.15, 0.2) is 30.3 Å². The summed E-state index contributed by atoms with van der Waals surface area (Å²) in [6.07, 6.45) is 1.74. The molecule has 0 fully saturated rings. The summed E-state index contributed by atoms with van der Waals surface area (Å²) in [7, 11) is 0. The first-order valence-corrected chi connectivity index (χ1v) is 5.73. The standard InChI is InChI=1S/C13H19NO2/c1-3-10(4-2)12(13(15)16)14-11-8-6-5-7-9-11/h5-10,12,14H,3-4H2,1-2H3,(H,15,16). The second-order valence-electron chi connectivity index (χ2n) is 3.90. The maximum absolute atomic E-state index is 11.2. The van der Waals surface area contributed by atoms with E-state index in [1.54, 1.807) is 0 Å². The van der Waals surface area contributed by atoms with Crippen LogP contribution in [0.1, 0.15) is 26.7 Å². The van der Waals surface area contributed by atoms with E-state index in [0.717, 1.165) is 18.5 Å². The zero-order chi connectivity index (χ0) is 12.0. The Labute approximate surface area is 96.5 Å². The van der Waals surface area contributed by atoms with E-state index in [4.69, 9.17) is 0 Å². The third kappa shape index (κ3) is 3.26. The Morgan fingerprint density at radius 1 is 1.25 bits per heavy atom. The van der Waals surface area contributed by atoms with Crippen molar-refractivity contribution in [1.82, 2.24) is 0 Å². The first kappa shape index (κ1) is 12.6. The number of rotatable bonds is 6. The van der Waals surface area contributed by atoms with Gasteiger partial charge >= 0.3 is 5.97 Å². The lowest BCUT2D eigenvalue weighted by Crippen LogP contribution is -2.36. The third-order valence-electron chi connectivity index (χ3n) is 2.88. The lowest BCUT2D eigenvalue weighted by molar-refractivity contribution is -0.139. The van der Waals surface area contributed by atoms with E-state index in [0.29, 0.717) is 0 Å². The fraction of sp³-hybridized carbons (Fsp3) is 0.462. The summed E-state index contributed by atoms with van der Waals surface area (Å²) in [5.74, 6) is -0.616. The average Bonchev–Trinajstić information content (AvgIpc) is 2.30. The molecule has 1 aromatic carbocycles. The maximum atomic E-state index is 11.2. The predicted octanol–water partition coefficient (Wildman–Crippen LogP) is 2.99. The summed E-state index contributed by atoms with van der Waals surface area (Å²) >= 11 is 0. The van der Waals surface area contributed by atoms with Crippen molar-refractivity contribution in [3.05, 3.63) is 30.3 Å². The molecule has 0 aliphatic carbocycles. The molecule has 3 heteroatoms. The van der Waals surface area contributed by atoms with E-state index in [9.17, 15) is 9.90 Å². The molecule has 0 heterocycles. The molecule has 0 spiro atoms. The summed E-state index contributed by atoms with van der Waals surface area (Å²) in [5.41, 5.74) is 0.863. The van der Waals surface area contributed by atoms with Gasteiger partial charge in [0, 0.05) is 5.69 Å². The van der Waals surface area contributed by atoms with Crippen molar-refractivity contribution in [1.29, 1.82) is 0 Å². The monoisotopic (exact) mass is 221 g/mol. The minimum atomic E-state index is -0.780. The SMILES string of the molecule is CCC(CC)C(Nc1ccccc1)C(=O)O. The van der Waals surface area contributed by atoms with Crippen LogP contribution in [-0.2, 0) is 4.79 Å². The molecule has 16 heavy (non-hydrogen) atoms. The first-order chi connectivity index (χ1) is 7.69. The van der Waals surface area contributed by atoms with Crippen LogP contribution in [-0.4, -0.2) is 17.1 Å². The molecule has 0 saturated heterocycles.